The van der Waals surface area contributed by atoms with Gasteiger partial charge in [0, 0.05) is 6.07 Å². The van der Waals surface area contributed by atoms with Crippen molar-refractivity contribution in [2.45, 2.75) is 18.7 Å². The van der Waals surface area contributed by atoms with Crippen LogP contribution in [0.5, 0.6) is 5.75 Å². The van der Waals surface area contributed by atoms with E-state index in [0.717, 1.165) is 0 Å². The van der Waals surface area contributed by atoms with Crippen molar-refractivity contribution in [1.29, 1.82) is 0 Å². The van der Waals surface area contributed by atoms with Crippen molar-refractivity contribution in [2.75, 3.05) is 6.26 Å². The predicted octanol–water partition coefficient (Wildman–Crippen LogP) is 4.16. The molecule has 6 nitrogen and oxygen atoms in total. The van der Waals surface area contributed by atoms with E-state index in [9.17, 15) is 4.39 Å². The third-order valence-corrected chi connectivity index (χ3v) is 4.11. The first-order chi connectivity index (χ1) is 12.1. The zero-order chi connectivity index (χ0) is 17.8. The number of hydrogen-bond donors (Lipinski definition) is 0. The highest BCUT2D eigenvalue weighted by molar-refractivity contribution is 7.98. The van der Waals surface area contributed by atoms with Gasteiger partial charge in [0.1, 0.15) is 29.7 Å². The van der Waals surface area contributed by atoms with E-state index in [0.29, 0.717) is 28.3 Å². The molecular weight excluding hydrogens is 367 g/mol. The van der Waals surface area contributed by atoms with Crippen molar-refractivity contribution in [3.05, 3.63) is 58.5 Å². The van der Waals surface area contributed by atoms with Gasteiger partial charge in [0.15, 0.2) is 5.82 Å². The third kappa shape index (κ3) is 4.21. The summed E-state index contributed by atoms with van der Waals surface area (Å²) in [7, 11) is 0. The Kier molecular flexibility index (Phi) is 5.40. The van der Waals surface area contributed by atoms with E-state index < -0.39 is 5.82 Å². The van der Waals surface area contributed by atoms with Gasteiger partial charge < -0.3 is 9.15 Å². The Hall–Kier alpha value is -2.32. The molecule has 0 unspecified atom stereocenters. The lowest BCUT2D eigenvalue weighted by atomic mass is 10.3. The highest BCUT2D eigenvalue weighted by Crippen LogP contribution is 2.22. The fraction of sp³-hybridized carbons (Fsp3) is 0.188. The van der Waals surface area contributed by atoms with Crippen molar-refractivity contribution in [1.82, 2.24) is 14.9 Å². The molecule has 0 spiro atoms. The monoisotopic (exact) mass is 380 g/mol. The van der Waals surface area contributed by atoms with Crippen LogP contribution in [0.25, 0.3) is 0 Å². The molecule has 3 aromatic rings. The van der Waals surface area contributed by atoms with Crippen molar-refractivity contribution in [3.8, 4) is 5.75 Å². The van der Waals surface area contributed by atoms with Gasteiger partial charge in [-0.05, 0) is 37.4 Å². The number of hydrogen-bond acceptors (Lipinski definition) is 6. The lowest BCUT2D eigenvalue weighted by Gasteiger charge is -2.04. The van der Waals surface area contributed by atoms with Crippen LogP contribution in [-0.2, 0) is 6.61 Å². The molecule has 130 valence electrons. The minimum absolute atomic E-state index is 0.0127. The zero-order valence-corrected chi connectivity index (χ0v) is 15.0. The molecule has 1 aromatic carbocycles. The Morgan fingerprint density at radius 2 is 2.20 bits per heavy atom. The summed E-state index contributed by atoms with van der Waals surface area (Å²) in [4.78, 5) is 0. The van der Waals surface area contributed by atoms with Gasteiger partial charge in [-0.3, -0.25) is 0 Å². The van der Waals surface area contributed by atoms with E-state index in [4.69, 9.17) is 20.8 Å². The zero-order valence-electron chi connectivity index (χ0n) is 13.4. The van der Waals surface area contributed by atoms with E-state index in [1.165, 1.54) is 30.0 Å². The third-order valence-electron chi connectivity index (χ3n) is 3.21. The number of rotatable bonds is 6. The van der Waals surface area contributed by atoms with Crippen LogP contribution in [0.2, 0.25) is 5.02 Å². The first-order valence-electron chi connectivity index (χ1n) is 7.23. The molecule has 0 bridgehead atoms. The molecule has 0 amide bonds. The maximum Gasteiger partial charge on any atom is 0.211 e. The number of furan rings is 1. The lowest BCUT2D eigenvalue weighted by molar-refractivity contribution is 0.269. The number of aromatic nitrogens is 3. The van der Waals surface area contributed by atoms with Crippen LogP contribution >= 0.6 is 23.4 Å². The molecule has 2 aromatic heterocycles. The van der Waals surface area contributed by atoms with Gasteiger partial charge in [-0.25, -0.2) is 4.39 Å². The molecule has 0 saturated carbocycles. The summed E-state index contributed by atoms with van der Waals surface area (Å²) in [5.74, 6) is 1.83. The average molecular weight is 381 g/mol. The van der Waals surface area contributed by atoms with E-state index in [-0.39, 0.29) is 11.6 Å². The number of halogens is 2. The van der Waals surface area contributed by atoms with Crippen LogP contribution in [0.4, 0.5) is 4.39 Å². The van der Waals surface area contributed by atoms with Gasteiger partial charge in [-0.15, -0.1) is 10.2 Å². The van der Waals surface area contributed by atoms with E-state index in [1.54, 1.807) is 23.0 Å². The Bertz CT molecular complexity index is 909. The summed E-state index contributed by atoms with van der Waals surface area (Å²) in [6.45, 7) is 2.01. The lowest BCUT2D eigenvalue weighted by Crippen LogP contribution is -1.95. The highest BCUT2D eigenvalue weighted by Gasteiger charge is 2.07. The van der Waals surface area contributed by atoms with Crippen LogP contribution in [0.15, 0.2) is 45.0 Å². The van der Waals surface area contributed by atoms with E-state index >= 15 is 0 Å². The van der Waals surface area contributed by atoms with Crippen molar-refractivity contribution in [3.63, 3.8) is 0 Å². The van der Waals surface area contributed by atoms with Crippen molar-refractivity contribution >= 4 is 29.6 Å². The normalized spacial score (nSPS) is 11.4. The van der Waals surface area contributed by atoms with Gasteiger partial charge in [0.2, 0.25) is 5.16 Å². The number of ether oxygens (including phenoxy) is 1. The molecule has 0 aliphatic carbocycles. The smallest absolute Gasteiger partial charge is 0.211 e. The Labute approximate surface area is 152 Å². The minimum Gasteiger partial charge on any atom is -0.486 e. The van der Waals surface area contributed by atoms with Gasteiger partial charge in [-0.1, -0.05) is 23.4 Å². The van der Waals surface area contributed by atoms with Crippen LogP contribution in [-0.4, -0.2) is 27.3 Å². The maximum absolute atomic E-state index is 13.1. The summed E-state index contributed by atoms with van der Waals surface area (Å²) >= 11 is 7.17. The molecular formula is C16H14ClFN4O2S. The van der Waals surface area contributed by atoms with Gasteiger partial charge in [0.25, 0.3) is 0 Å². The number of aryl methyl sites for hydroxylation is 1. The SMILES string of the molecule is CSc1nnc(C)n1/N=C\c1ccc(COc2ccc(F)c(Cl)c2)o1. The fourth-order valence-electron chi connectivity index (χ4n) is 1.98. The Balaban J connectivity index is 1.65. The second kappa shape index (κ2) is 7.71. The number of nitrogens with zero attached hydrogens (tertiary/aromatic N) is 4. The van der Waals surface area contributed by atoms with Gasteiger partial charge in [-0.2, -0.15) is 9.78 Å². The average Bonchev–Trinajstić information content (AvgIpc) is 3.20. The largest absolute Gasteiger partial charge is 0.486 e. The molecule has 0 radical (unpaired) electrons. The number of benzene rings is 1. The predicted molar refractivity (Wildman–Crippen MR) is 94.0 cm³/mol. The molecule has 3 rings (SSSR count). The van der Waals surface area contributed by atoms with Gasteiger partial charge in [0.05, 0.1) is 11.2 Å². The molecule has 0 aliphatic heterocycles. The number of thioether (sulfide) groups is 1. The summed E-state index contributed by atoms with van der Waals surface area (Å²) in [6, 6.07) is 7.73. The molecule has 25 heavy (non-hydrogen) atoms. The molecule has 0 saturated heterocycles. The fourth-order valence-corrected chi connectivity index (χ4v) is 2.62. The van der Waals surface area contributed by atoms with E-state index in [2.05, 4.69) is 15.3 Å². The molecule has 0 aliphatic rings. The minimum atomic E-state index is -0.487. The highest BCUT2D eigenvalue weighted by atomic mass is 35.5. The molecule has 0 fully saturated rings. The molecule has 0 N–H and O–H groups in total. The summed E-state index contributed by atoms with van der Waals surface area (Å²) < 4.78 is 25.9. The Morgan fingerprint density at radius 3 is 2.96 bits per heavy atom. The first kappa shape index (κ1) is 17.5. The topological polar surface area (TPSA) is 65.4 Å². The summed E-state index contributed by atoms with van der Waals surface area (Å²) in [6.07, 6.45) is 3.48. The summed E-state index contributed by atoms with van der Waals surface area (Å²) in [5.41, 5.74) is 0. The van der Waals surface area contributed by atoms with Crippen molar-refractivity contribution < 1.29 is 13.5 Å². The van der Waals surface area contributed by atoms with Crippen LogP contribution in [0, 0.1) is 12.7 Å². The standard InChI is InChI=1S/C16H14ClFN4O2S/c1-10-20-21-16(25-2)22(10)19-8-12-3-4-13(24-12)9-23-11-5-6-15(18)14(17)7-11/h3-8H,9H2,1-2H3/b19-8-. The molecule has 0 atom stereocenters. The second-order valence-corrected chi connectivity index (χ2v) is 6.14. The molecule has 2 heterocycles. The second-order valence-electron chi connectivity index (χ2n) is 4.96. The summed E-state index contributed by atoms with van der Waals surface area (Å²) in [5, 5.41) is 13.0. The van der Waals surface area contributed by atoms with Crippen LogP contribution < -0.4 is 4.74 Å². The van der Waals surface area contributed by atoms with Crippen molar-refractivity contribution in [2.24, 2.45) is 5.10 Å². The first-order valence-corrected chi connectivity index (χ1v) is 8.84. The molecule has 9 heteroatoms. The Morgan fingerprint density at radius 1 is 1.36 bits per heavy atom. The van der Waals surface area contributed by atoms with Crippen LogP contribution in [0.3, 0.4) is 0 Å². The van der Waals surface area contributed by atoms with Gasteiger partial charge >= 0.3 is 0 Å². The van der Waals surface area contributed by atoms with E-state index in [1.807, 2.05) is 13.2 Å². The quantitative estimate of drug-likeness (QED) is 0.474. The maximum atomic E-state index is 13.1. The van der Waals surface area contributed by atoms with Crippen LogP contribution in [0.1, 0.15) is 17.3 Å².